The molecule has 0 aromatic heterocycles. The molecule has 0 radical (unpaired) electrons. The van der Waals surface area contributed by atoms with E-state index in [1.165, 1.54) is 0 Å². The van der Waals surface area contributed by atoms with Crippen LogP contribution < -0.4 is 11.1 Å². The molecule has 0 bridgehead atoms. The van der Waals surface area contributed by atoms with Gasteiger partial charge in [-0.05, 0) is 34.1 Å². The molecule has 3 nitrogen and oxygen atoms in total. The Bertz CT molecular complexity index is 209. The van der Waals surface area contributed by atoms with Gasteiger partial charge in [0, 0.05) is 16.8 Å². The van der Waals surface area contributed by atoms with Crippen molar-refractivity contribution in [2.24, 2.45) is 5.73 Å². The molecule has 90 valence electrons. The zero-order valence-electron chi connectivity index (χ0n) is 10.5. The number of thioether (sulfide) groups is 1. The summed E-state index contributed by atoms with van der Waals surface area (Å²) in [6.07, 6.45) is 0.936. The van der Waals surface area contributed by atoms with Crippen LogP contribution in [0.25, 0.3) is 0 Å². The highest BCUT2D eigenvalue weighted by atomic mass is 32.2. The van der Waals surface area contributed by atoms with Crippen LogP contribution in [0.15, 0.2) is 0 Å². The smallest absolute Gasteiger partial charge is 0.230 e. The Balaban J connectivity index is 3.77. The van der Waals surface area contributed by atoms with Gasteiger partial charge >= 0.3 is 0 Å². The Morgan fingerprint density at radius 2 is 1.87 bits per heavy atom. The molecule has 0 unspecified atom stereocenters. The molecule has 0 saturated carbocycles. The molecule has 0 atom stereocenters. The third-order valence-corrected chi connectivity index (χ3v) is 3.48. The average molecular weight is 232 g/mol. The predicted octanol–water partition coefficient (Wildman–Crippen LogP) is 1.76. The van der Waals surface area contributed by atoms with E-state index in [0.717, 1.165) is 12.2 Å². The molecule has 0 aliphatic heterocycles. The normalized spacial score (nSPS) is 12.7. The van der Waals surface area contributed by atoms with Gasteiger partial charge in [0.05, 0.1) is 5.75 Å². The predicted molar refractivity (Wildman–Crippen MR) is 68.1 cm³/mol. The van der Waals surface area contributed by atoms with Gasteiger partial charge in [-0.15, -0.1) is 0 Å². The largest absolute Gasteiger partial charge is 0.351 e. The van der Waals surface area contributed by atoms with Crippen molar-refractivity contribution >= 4 is 17.7 Å². The van der Waals surface area contributed by atoms with Crippen molar-refractivity contribution in [3.63, 3.8) is 0 Å². The number of hydrogen-bond acceptors (Lipinski definition) is 3. The van der Waals surface area contributed by atoms with Gasteiger partial charge in [-0.2, -0.15) is 11.8 Å². The summed E-state index contributed by atoms with van der Waals surface area (Å²) in [6, 6.07) is 0. The maximum atomic E-state index is 11.5. The molecule has 0 saturated heterocycles. The highest BCUT2D eigenvalue weighted by molar-refractivity contribution is 8.00. The molecule has 0 aliphatic carbocycles. The number of carbonyl (C=O) groups excluding carboxylic acids is 1. The standard InChI is InChI=1S/C11H24N2OS/c1-6-11(4,5)13-9(14)7-15-8-10(2,3)12/h6-8,12H2,1-5H3,(H,13,14). The summed E-state index contributed by atoms with van der Waals surface area (Å²) in [4.78, 5) is 11.5. The lowest BCUT2D eigenvalue weighted by atomic mass is 10.0. The van der Waals surface area contributed by atoms with E-state index in [-0.39, 0.29) is 17.0 Å². The number of hydrogen-bond donors (Lipinski definition) is 2. The third-order valence-electron chi connectivity index (χ3n) is 2.07. The van der Waals surface area contributed by atoms with Crippen molar-refractivity contribution in [1.82, 2.24) is 5.32 Å². The summed E-state index contributed by atoms with van der Waals surface area (Å²) in [5, 5.41) is 2.99. The fourth-order valence-electron chi connectivity index (χ4n) is 0.909. The quantitative estimate of drug-likeness (QED) is 0.734. The second kappa shape index (κ2) is 5.75. The molecule has 0 aromatic rings. The van der Waals surface area contributed by atoms with Crippen LogP contribution in [-0.4, -0.2) is 28.5 Å². The van der Waals surface area contributed by atoms with Crippen LogP contribution in [0.2, 0.25) is 0 Å². The van der Waals surface area contributed by atoms with Crippen molar-refractivity contribution in [2.75, 3.05) is 11.5 Å². The highest BCUT2D eigenvalue weighted by Gasteiger charge is 2.18. The third kappa shape index (κ3) is 8.75. The minimum absolute atomic E-state index is 0.0936. The zero-order valence-corrected chi connectivity index (χ0v) is 11.3. The Morgan fingerprint density at radius 3 is 2.27 bits per heavy atom. The first-order chi connectivity index (χ1) is 6.66. The molecular formula is C11H24N2OS. The monoisotopic (exact) mass is 232 g/mol. The topological polar surface area (TPSA) is 55.1 Å². The molecule has 0 spiro atoms. The van der Waals surface area contributed by atoms with E-state index in [4.69, 9.17) is 5.73 Å². The van der Waals surface area contributed by atoms with E-state index in [9.17, 15) is 4.79 Å². The van der Waals surface area contributed by atoms with Crippen molar-refractivity contribution in [3.8, 4) is 0 Å². The number of amides is 1. The average Bonchev–Trinajstić information content (AvgIpc) is 2.00. The maximum absolute atomic E-state index is 11.5. The fraction of sp³-hybridized carbons (Fsp3) is 0.909. The molecule has 3 N–H and O–H groups in total. The molecule has 0 fully saturated rings. The van der Waals surface area contributed by atoms with Gasteiger partial charge in [0.25, 0.3) is 0 Å². The van der Waals surface area contributed by atoms with E-state index >= 15 is 0 Å². The fourth-order valence-corrected chi connectivity index (χ4v) is 1.79. The SMILES string of the molecule is CCC(C)(C)NC(=O)CSCC(C)(C)N. The first-order valence-electron chi connectivity index (χ1n) is 5.34. The van der Waals surface area contributed by atoms with Gasteiger partial charge in [-0.25, -0.2) is 0 Å². The summed E-state index contributed by atoms with van der Waals surface area (Å²) < 4.78 is 0. The first-order valence-corrected chi connectivity index (χ1v) is 6.49. The molecule has 0 aliphatic rings. The van der Waals surface area contributed by atoms with E-state index in [1.807, 2.05) is 27.7 Å². The highest BCUT2D eigenvalue weighted by Crippen LogP contribution is 2.11. The van der Waals surface area contributed by atoms with Crippen LogP contribution in [0, 0.1) is 0 Å². The van der Waals surface area contributed by atoms with E-state index < -0.39 is 0 Å². The first kappa shape index (κ1) is 14.8. The van der Waals surface area contributed by atoms with Gasteiger partial charge in [0.1, 0.15) is 0 Å². The second-order valence-electron chi connectivity index (χ2n) is 5.27. The second-order valence-corrected chi connectivity index (χ2v) is 6.25. The Kier molecular flexibility index (Phi) is 5.67. The van der Waals surface area contributed by atoms with Crippen LogP contribution in [-0.2, 0) is 4.79 Å². The van der Waals surface area contributed by atoms with Crippen molar-refractivity contribution in [2.45, 2.75) is 52.1 Å². The summed E-state index contributed by atoms with van der Waals surface area (Å²) in [5.74, 6) is 1.38. The molecule has 0 rings (SSSR count). The van der Waals surface area contributed by atoms with Crippen molar-refractivity contribution < 1.29 is 4.79 Å². The molecule has 15 heavy (non-hydrogen) atoms. The molecule has 4 heteroatoms. The van der Waals surface area contributed by atoms with Crippen LogP contribution in [0.5, 0.6) is 0 Å². The lowest BCUT2D eigenvalue weighted by molar-refractivity contribution is -0.120. The van der Waals surface area contributed by atoms with Gasteiger partial charge in [0.15, 0.2) is 0 Å². The van der Waals surface area contributed by atoms with Crippen LogP contribution in [0.3, 0.4) is 0 Å². The lowest BCUT2D eigenvalue weighted by Gasteiger charge is -2.24. The molecule has 0 heterocycles. The van der Waals surface area contributed by atoms with Crippen LogP contribution in [0.4, 0.5) is 0 Å². The molecule has 1 amide bonds. The van der Waals surface area contributed by atoms with Gasteiger partial charge in [-0.1, -0.05) is 6.92 Å². The van der Waals surface area contributed by atoms with E-state index in [0.29, 0.717) is 5.75 Å². The van der Waals surface area contributed by atoms with Crippen LogP contribution in [0.1, 0.15) is 41.0 Å². The lowest BCUT2D eigenvalue weighted by Crippen LogP contribution is -2.44. The minimum Gasteiger partial charge on any atom is -0.351 e. The van der Waals surface area contributed by atoms with Gasteiger partial charge in [0.2, 0.25) is 5.91 Å². The summed E-state index contributed by atoms with van der Waals surface area (Å²) in [6.45, 7) is 10.1. The van der Waals surface area contributed by atoms with Crippen molar-refractivity contribution in [3.05, 3.63) is 0 Å². The summed E-state index contributed by atoms with van der Waals surface area (Å²) in [5.41, 5.74) is 5.52. The van der Waals surface area contributed by atoms with Crippen LogP contribution >= 0.6 is 11.8 Å². The number of rotatable bonds is 6. The zero-order chi connectivity index (χ0) is 12.1. The molecule has 0 aromatic carbocycles. The van der Waals surface area contributed by atoms with E-state index in [2.05, 4.69) is 12.2 Å². The van der Waals surface area contributed by atoms with Gasteiger partial charge < -0.3 is 11.1 Å². The molecular weight excluding hydrogens is 208 g/mol. The Morgan fingerprint density at radius 1 is 1.33 bits per heavy atom. The van der Waals surface area contributed by atoms with Crippen molar-refractivity contribution in [1.29, 1.82) is 0 Å². The van der Waals surface area contributed by atoms with E-state index in [1.54, 1.807) is 11.8 Å². The number of nitrogens with two attached hydrogens (primary N) is 1. The summed E-state index contributed by atoms with van der Waals surface area (Å²) in [7, 11) is 0. The Hall–Kier alpha value is -0.220. The summed E-state index contributed by atoms with van der Waals surface area (Å²) >= 11 is 1.58. The maximum Gasteiger partial charge on any atom is 0.230 e. The number of carbonyl (C=O) groups is 1. The Labute approximate surface area is 97.6 Å². The number of nitrogens with one attached hydrogen (secondary N) is 1. The van der Waals surface area contributed by atoms with Gasteiger partial charge in [-0.3, -0.25) is 4.79 Å². The minimum atomic E-state index is -0.203.